The van der Waals surface area contributed by atoms with Gasteiger partial charge in [-0.2, -0.15) is 0 Å². The van der Waals surface area contributed by atoms with Gasteiger partial charge in [0, 0.05) is 57.2 Å². The largest absolute Gasteiger partial charge is 0.326 e. The van der Waals surface area contributed by atoms with Crippen molar-refractivity contribution in [2.75, 3.05) is 28.7 Å². The van der Waals surface area contributed by atoms with E-state index in [9.17, 15) is 14.4 Å². The standard InChI is InChI=1S/C32H37N5O3/c1-6-37-27-13-10-23(17-28(27)35(5)30(39)32(3,4)31(37)40)19-36(20-25-8-7-15-33-21(25)2)18-22-9-11-24-12-14-29(38)34-26(24)16-22/h7-11,13,15-17H,6,12,14,18-20H2,1-5H3,(H,34,38). The maximum absolute atomic E-state index is 13.3. The topological polar surface area (TPSA) is 85.9 Å². The van der Waals surface area contributed by atoms with Crippen LogP contribution in [0.25, 0.3) is 0 Å². The molecule has 1 aromatic heterocycles. The van der Waals surface area contributed by atoms with Crippen LogP contribution in [0, 0.1) is 12.3 Å². The van der Waals surface area contributed by atoms with E-state index in [1.54, 1.807) is 36.9 Å². The molecule has 0 radical (unpaired) electrons. The summed E-state index contributed by atoms with van der Waals surface area (Å²) in [6, 6.07) is 16.4. The number of carbonyl (C=O) groups is 3. The maximum atomic E-state index is 13.3. The Balaban J connectivity index is 1.48. The lowest BCUT2D eigenvalue weighted by molar-refractivity contribution is -0.137. The molecule has 8 heteroatoms. The molecule has 0 saturated heterocycles. The van der Waals surface area contributed by atoms with Crippen molar-refractivity contribution in [1.82, 2.24) is 9.88 Å². The van der Waals surface area contributed by atoms with Gasteiger partial charge in [-0.1, -0.05) is 24.3 Å². The van der Waals surface area contributed by atoms with Crippen molar-refractivity contribution in [3.63, 3.8) is 0 Å². The molecule has 2 aliphatic heterocycles. The molecule has 40 heavy (non-hydrogen) atoms. The molecular formula is C32H37N5O3. The average Bonchev–Trinajstić information content (AvgIpc) is 2.98. The van der Waals surface area contributed by atoms with Crippen LogP contribution in [0.3, 0.4) is 0 Å². The minimum Gasteiger partial charge on any atom is -0.326 e. The molecule has 208 valence electrons. The van der Waals surface area contributed by atoms with Gasteiger partial charge in [0.05, 0.1) is 11.4 Å². The van der Waals surface area contributed by atoms with E-state index in [2.05, 4.69) is 39.5 Å². The lowest BCUT2D eigenvalue weighted by Crippen LogP contribution is -2.47. The highest BCUT2D eigenvalue weighted by atomic mass is 16.2. The first-order chi connectivity index (χ1) is 19.1. The Morgan fingerprint density at radius 3 is 2.38 bits per heavy atom. The summed E-state index contributed by atoms with van der Waals surface area (Å²) in [5, 5.41) is 3.01. The van der Waals surface area contributed by atoms with Crippen molar-refractivity contribution in [3.8, 4) is 0 Å². The summed E-state index contributed by atoms with van der Waals surface area (Å²) in [7, 11) is 1.75. The summed E-state index contributed by atoms with van der Waals surface area (Å²) in [6.07, 6.45) is 3.08. The van der Waals surface area contributed by atoms with Crippen molar-refractivity contribution in [3.05, 3.63) is 82.7 Å². The van der Waals surface area contributed by atoms with Crippen LogP contribution < -0.4 is 15.1 Å². The fourth-order valence-corrected chi connectivity index (χ4v) is 5.67. The lowest BCUT2D eigenvalue weighted by atomic mass is 9.90. The van der Waals surface area contributed by atoms with Crippen molar-refractivity contribution >= 4 is 34.8 Å². The fraction of sp³-hybridized carbons (Fsp3) is 0.375. The molecule has 2 aromatic carbocycles. The van der Waals surface area contributed by atoms with Crippen molar-refractivity contribution in [1.29, 1.82) is 0 Å². The number of carbonyl (C=O) groups excluding carboxylic acids is 3. The molecule has 0 spiro atoms. The second-order valence-corrected chi connectivity index (χ2v) is 11.3. The second-order valence-electron chi connectivity index (χ2n) is 11.3. The molecule has 8 nitrogen and oxygen atoms in total. The van der Waals surface area contributed by atoms with Crippen LogP contribution in [0.2, 0.25) is 0 Å². The van der Waals surface area contributed by atoms with Crippen LogP contribution in [-0.4, -0.2) is 41.2 Å². The van der Waals surface area contributed by atoms with Crippen LogP contribution in [0.1, 0.15) is 55.1 Å². The molecule has 0 bridgehead atoms. The van der Waals surface area contributed by atoms with E-state index in [4.69, 9.17) is 0 Å². The molecule has 0 atom stereocenters. The molecule has 0 fully saturated rings. The molecule has 2 aliphatic rings. The third-order valence-electron chi connectivity index (χ3n) is 8.02. The highest BCUT2D eigenvalue weighted by Gasteiger charge is 2.45. The minimum atomic E-state index is -1.14. The first-order valence-electron chi connectivity index (χ1n) is 13.9. The molecule has 0 unspecified atom stereocenters. The summed E-state index contributed by atoms with van der Waals surface area (Å²) in [5.74, 6) is -0.351. The monoisotopic (exact) mass is 539 g/mol. The first-order valence-corrected chi connectivity index (χ1v) is 13.9. The Morgan fingerprint density at radius 2 is 1.65 bits per heavy atom. The maximum Gasteiger partial charge on any atom is 0.242 e. The van der Waals surface area contributed by atoms with E-state index in [0.29, 0.717) is 32.6 Å². The number of pyridine rings is 1. The van der Waals surface area contributed by atoms with Gasteiger partial charge in [-0.25, -0.2) is 0 Å². The number of aromatic nitrogens is 1. The van der Waals surface area contributed by atoms with Crippen LogP contribution in [0.4, 0.5) is 17.1 Å². The Kier molecular flexibility index (Phi) is 7.47. The van der Waals surface area contributed by atoms with E-state index < -0.39 is 5.41 Å². The molecule has 3 heterocycles. The number of hydrogen-bond donors (Lipinski definition) is 1. The summed E-state index contributed by atoms with van der Waals surface area (Å²) in [5.41, 5.74) is 6.66. The van der Waals surface area contributed by atoms with Crippen LogP contribution in [0.15, 0.2) is 54.7 Å². The number of fused-ring (bicyclic) bond motifs is 2. The number of amides is 3. The number of anilines is 3. The molecule has 3 aromatic rings. The van der Waals surface area contributed by atoms with Crippen LogP contribution in [-0.2, 0) is 40.4 Å². The van der Waals surface area contributed by atoms with E-state index in [0.717, 1.165) is 51.4 Å². The summed E-state index contributed by atoms with van der Waals surface area (Å²) >= 11 is 0. The molecule has 0 aliphatic carbocycles. The molecule has 1 N–H and O–H groups in total. The summed E-state index contributed by atoms with van der Waals surface area (Å²) in [4.78, 5) is 48.7. The number of benzene rings is 2. The number of nitrogens with zero attached hydrogens (tertiary/aromatic N) is 4. The number of aryl methyl sites for hydroxylation is 2. The van der Waals surface area contributed by atoms with Gasteiger partial charge in [0.2, 0.25) is 17.7 Å². The molecule has 5 rings (SSSR count). The van der Waals surface area contributed by atoms with E-state index in [1.165, 1.54) is 0 Å². The van der Waals surface area contributed by atoms with Gasteiger partial charge in [0.15, 0.2) is 0 Å². The second kappa shape index (κ2) is 10.8. The Bertz CT molecular complexity index is 1480. The zero-order valence-corrected chi connectivity index (χ0v) is 24.0. The zero-order valence-electron chi connectivity index (χ0n) is 24.0. The van der Waals surface area contributed by atoms with Crippen LogP contribution in [0.5, 0.6) is 0 Å². The quantitative estimate of drug-likeness (QED) is 0.435. The average molecular weight is 540 g/mol. The van der Waals surface area contributed by atoms with Gasteiger partial charge in [-0.05, 0) is 80.6 Å². The van der Waals surface area contributed by atoms with Gasteiger partial charge in [0.25, 0.3) is 0 Å². The molecule has 0 saturated carbocycles. The predicted octanol–water partition coefficient (Wildman–Crippen LogP) is 4.83. The van der Waals surface area contributed by atoms with E-state index in [1.807, 2.05) is 38.1 Å². The Labute approximate surface area is 236 Å². The fourth-order valence-electron chi connectivity index (χ4n) is 5.67. The van der Waals surface area contributed by atoms with Crippen LogP contribution >= 0.6 is 0 Å². The molecular weight excluding hydrogens is 502 g/mol. The van der Waals surface area contributed by atoms with E-state index in [-0.39, 0.29) is 17.7 Å². The lowest BCUT2D eigenvalue weighted by Gasteiger charge is -2.27. The van der Waals surface area contributed by atoms with Gasteiger partial charge >= 0.3 is 0 Å². The normalized spacial score (nSPS) is 16.5. The zero-order chi connectivity index (χ0) is 28.6. The van der Waals surface area contributed by atoms with Gasteiger partial charge in [0.1, 0.15) is 5.41 Å². The minimum absolute atomic E-state index is 0.0546. The van der Waals surface area contributed by atoms with E-state index >= 15 is 0 Å². The Morgan fingerprint density at radius 1 is 0.925 bits per heavy atom. The molecule has 3 amide bonds. The van der Waals surface area contributed by atoms with Gasteiger partial charge in [-0.15, -0.1) is 0 Å². The van der Waals surface area contributed by atoms with Crippen molar-refractivity contribution in [2.24, 2.45) is 5.41 Å². The predicted molar refractivity (Wildman–Crippen MR) is 157 cm³/mol. The highest BCUT2D eigenvalue weighted by molar-refractivity contribution is 6.19. The van der Waals surface area contributed by atoms with Gasteiger partial charge in [-0.3, -0.25) is 24.3 Å². The third-order valence-corrected chi connectivity index (χ3v) is 8.02. The number of nitrogens with one attached hydrogen (secondary N) is 1. The summed E-state index contributed by atoms with van der Waals surface area (Å²) in [6.45, 7) is 9.79. The Hall–Kier alpha value is -4.04. The van der Waals surface area contributed by atoms with Crippen molar-refractivity contribution < 1.29 is 14.4 Å². The van der Waals surface area contributed by atoms with Crippen molar-refractivity contribution in [2.45, 2.75) is 60.2 Å². The smallest absolute Gasteiger partial charge is 0.242 e. The number of hydrogen-bond acceptors (Lipinski definition) is 5. The summed E-state index contributed by atoms with van der Waals surface area (Å²) < 4.78 is 0. The highest BCUT2D eigenvalue weighted by Crippen LogP contribution is 2.39. The SMILES string of the molecule is CCN1C(=O)C(C)(C)C(=O)N(C)c2cc(CN(Cc3ccc4c(c3)NC(=O)CC4)Cc3cccnc3C)ccc21. The van der Waals surface area contributed by atoms with Gasteiger partial charge < -0.3 is 15.1 Å². The number of rotatable bonds is 7. The third kappa shape index (κ3) is 5.23. The first kappa shape index (κ1) is 27.5.